The minimum Gasteiger partial charge on any atom is -0.469 e. The zero-order chi connectivity index (χ0) is 15.0. The van der Waals surface area contributed by atoms with Gasteiger partial charge in [0.25, 0.3) is 0 Å². The smallest absolute Gasteiger partial charge is 0.308 e. The van der Waals surface area contributed by atoms with E-state index in [9.17, 15) is 9.59 Å². The molecule has 1 aliphatic carbocycles. The number of esters is 1. The third-order valence-corrected chi connectivity index (χ3v) is 5.59. The van der Waals surface area contributed by atoms with Crippen molar-refractivity contribution >= 4 is 11.9 Å². The van der Waals surface area contributed by atoms with Crippen LogP contribution < -0.4 is 0 Å². The van der Waals surface area contributed by atoms with Gasteiger partial charge in [-0.05, 0) is 44.6 Å². The van der Waals surface area contributed by atoms with Crippen molar-refractivity contribution in [1.29, 1.82) is 0 Å². The van der Waals surface area contributed by atoms with Crippen molar-refractivity contribution in [2.75, 3.05) is 40.3 Å². The fraction of sp³-hybridized carbons (Fsp3) is 0.875. The van der Waals surface area contributed by atoms with Gasteiger partial charge in [0, 0.05) is 32.1 Å². The summed E-state index contributed by atoms with van der Waals surface area (Å²) in [5.74, 6) is 1.69. The highest BCUT2D eigenvalue weighted by Gasteiger charge is 2.42. The van der Waals surface area contributed by atoms with E-state index < -0.39 is 0 Å². The van der Waals surface area contributed by atoms with Gasteiger partial charge < -0.3 is 14.5 Å². The summed E-state index contributed by atoms with van der Waals surface area (Å²) in [6.45, 7) is 4.13. The number of nitrogens with zero attached hydrogens (tertiary/aromatic N) is 2. The molecule has 0 aromatic carbocycles. The first-order chi connectivity index (χ1) is 10.1. The van der Waals surface area contributed by atoms with Crippen LogP contribution in [0.2, 0.25) is 0 Å². The maximum atomic E-state index is 12.7. The number of carbonyl (C=O) groups excluding carboxylic acids is 2. The minimum atomic E-state index is -0.111. The van der Waals surface area contributed by atoms with Crippen LogP contribution in [0.15, 0.2) is 0 Å². The molecule has 21 heavy (non-hydrogen) atoms. The van der Waals surface area contributed by atoms with Gasteiger partial charge in [0.1, 0.15) is 0 Å². The lowest BCUT2D eigenvalue weighted by Crippen LogP contribution is -2.38. The summed E-state index contributed by atoms with van der Waals surface area (Å²) < 4.78 is 4.81. The Labute approximate surface area is 126 Å². The maximum absolute atomic E-state index is 12.7. The number of fused-ring (bicyclic) bond motifs is 1. The number of hydrogen-bond donors (Lipinski definition) is 0. The second-order valence-electron chi connectivity index (χ2n) is 7.06. The van der Waals surface area contributed by atoms with Crippen LogP contribution >= 0.6 is 0 Å². The van der Waals surface area contributed by atoms with Gasteiger partial charge >= 0.3 is 5.97 Å². The van der Waals surface area contributed by atoms with E-state index in [0.717, 1.165) is 51.9 Å². The van der Waals surface area contributed by atoms with Crippen LogP contribution in [-0.2, 0) is 14.3 Å². The van der Waals surface area contributed by atoms with E-state index in [-0.39, 0.29) is 17.8 Å². The molecule has 2 aliphatic heterocycles. The van der Waals surface area contributed by atoms with Gasteiger partial charge in [-0.25, -0.2) is 0 Å². The Balaban J connectivity index is 1.50. The quantitative estimate of drug-likeness (QED) is 0.713. The first kappa shape index (κ1) is 14.8. The zero-order valence-corrected chi connectivity index (χ0v) is 13.1. The van der Waals surface area contributed by atoms with E-state index in [2.05, 4.69) is 16.8 Å². The van der Waals surface area contributed by atoms with Gasteiger partial charge in [-0.3, -0.25) is 9.59 Å². The third kappa shape index (κ3) is 2.93. The number of carbonyl (C=O) groups is 2. The lowest BCUT2D eigenvalue weighted by molar-refractivity contribution is -0.148. The summed E-state index contributed by atoms with van der Waals surface area (Å²) in [4.78, 5) is 28.7. The molecule has 1 amide bonds. The second kappa shape index (κ2) is 5.95. The molecule has 1 saturated carbocycles. The molecule has 0 N–H and O–H groups in total. The van der Waals surface area contributed by atoms with E-state index in [4.69, 9.17) is 4.74 Å². The van der Waals surface area contributed by atoms with Crippen molar-refractivity contribution in [3.8, 4) is 0 Å². The van der Waals surface area contributed by atoms with E-state index in [1.165, 1.54) is 7.11 Å². The molecule has 2 saturated heterocycles. The van der Waals surface area contributed by atoms with Crippen LogP contribution in [-0.4, -0.2) is 62.0 Å². The summed E-state index contributed by atoms with van der Waals surface area (Å²) in [6, 6.07) is 0. The predicted octanol–water partition coefficient (Wildman–Crippen LogP) is 0.986. The monoisotopic (exact) mass is 294 g/mol. The Morgan fingerprint density at radius 2 is 1.43 bits per heavy atom. The van der Waals surface area contributed by atoms with Gasteiger partial charge in [0.05, 0.1) is 13.0 Å². The number of ether oxygens (including phenoxy) is 1. The molecule has 0 spiro atoms. The molecule has 2 atom stereocenters. The summed E-state index contributed by atoms with van der Waals surface area (Å²) in [6.07, 6.45) is 3.27. The molecule has 5 nitrogen and oxygen atoms in total. The molecule has 2 heterocycles. The van der Waals surface area contributed by atoms with Gasteiger partial charge in [0.15, 0.2) is 0 Å². The van der Waals surface area contributed by atoms with Crippen molar-refractivity contribution in [1.82, 2.24) is 9.80 Å². The van der Waals surface area contributed by atoms with Crippen LogP contribution in [0.25, 0.3) is 0 Å². The molecule has 0 bridgehead atoms. The standard InChI is InChI=1S/C16H26N2O3/c1-17-7-13-9-18(10-14(13)8-17)15(19)11-3-5-12(6-4-11)16(20)21-2/h11-14H,3-10H2,1-2H3/t11?,12?,13-,14+. The molecule has 3 aliphatic rings. The van der Waals surface area contributed by atoms with Gasteiger partial charge in [0.2, 0.25) is 5.91 Å². The lowest BCUT2D eigenvalue weighted by atomic mass is 9.81. The SMILES string of the molecule is COC(=O)C1CCC(C(=O)N2C[C@H]3CN(C)C[C@H]3C2)CC1. The largest absolute Gasteiger partial charge is 0.469 e. The normalized spacial score (nSPS) is 36.6. The van der Waals surface area contributed by atoms with Crippen molar-refractivity contribution < 1.29 is 14.3 Å². The molecule has 3 rings (SSSR count). The van der Waals surface area contributed by atoms with Crippen LogP contribution in [0.3, 0.4) is 0 Å². The molecule has 0 aromatic rings. The van der Waals surface area contributed by atoms with Crippen molar-refractivity contribution in [2.45, 2.75) is 25.7 Å². The average molecular weight is 294 g/mol. The van der Waals surface area contributed by atoms with Crippen LogP contribution in [0.1, 0.15) is 25.7 Å². The van der Waals surface area contributed by atoms with Crippen molar-refractivity contribution in [2.24, 2.45) is 23.7 Å². The molecular weight excluding hydrogens is 268 g/mol. The van der Waals surface area contributed by atoms with Crippen molar-refractivity contribution in [3.05, 3.63) is 0 Å². The van der Waals surface area contributed by atoms with Gasteiger partial charge in [-0.15, -0.1) is 0 Å². The van der Waals surface area contributed by atoms with Gasteiger partial charge in [-0.1, -0.05) is 0 Å². The zero-order valence-electron chi connectivity index (χ0n) is 13.1. The van der Waals surface area contributed by atoms with E-state index in [1.807, 2.05) is 0 Å². The molecule has 0 unspecified atom stereocenters. The Bertz CT molecular complexity index is 404. The molecule has 0 aromatic heterocycles. The van der Waals surface area contributed by atoms with E-state index in [1.54, 1.807) is 0 Å². The number of methoxy groups -OCH3 is 1. The lowest BCUT2D eigenvalue weighted by Gasteiger charge is -2.30. The number of rotatable bonds is 2. The Morgan fingerprint density at radius 1 is 0.905 bits per heavy atom. The molecule has 5 heteroatoms. The molecule has 3 fully saturated rings. The average Bonchev–Trinajstić information content (AvgIpc) is 3.03. The number of likely N-dealkylation sites (tertiary alicyclic amines) is 2. The van der Waals surface area contributed by atoms with E-state index in [0.29, 0.717) is 17.7 Å². The third-order valence-electron chi connectivity index (χ3n) is 5.59. The number of hydrogen-bond acceptors (Lipinski definition) is 4. The Hall–Kier alpha value is -1.10. The molecular formula is C16H26N2O3. The Kier molecular flexibility index (Phi) is 4.20. The predicted molar refractivity (Wildman–Crippen MR) is 78.5 cm³/mol. The first-order valence-electron chi connectivity index (χ1n) is 8.13. The highest BCUT2D eigenvalue weighted by molar-refractivity contribution is 5.80. The molecule has 0 radical (unpaired) electrons. The maximum Gasteiger partial charge on any atom is 0.308 e. The number of amides is 1. The fourth-order valence-electron chi connectivity index (χ4n) is 4.41. The van der Waals surface area contributed by atoms with Gasteiger partial charge in [-0.2, -0.15) is 0 Å². The highest BCUT2D eigenvalue weighted by Crippen LogP contribution is 2.35. The first-order valence-corrected chi connectivity index (χ1v) is 8.13. The van der Waals surface area contributed by atoms with Crippen LogP contribution in [0.4, 0.5) is 0 Å². The van der Waals surface area contributed by atoms with Crippen LogP contribution in [0, 0.1) is 23.7 Å². The summed E-state index contributed by atoms with van der Waals surface area (Å²) in [5.41, 5.74) is 0. The summed E-state index contributed by atoms with van der Waals surface area (Å²) in [5, 5.41) is 0. The van der Waals surface area contributed by atoms with E-state index >= 15 is 0 Å². The Morgan fingerprint density at radius 3 is 1.95 bits per heavy atom. The second-order valence-corrected chi connectivity index (χ2v) is 7.06. The summed E-state index contributed by atoms with van der Waals surface area (Å²) in [7, 11) is 3.61. The topological polar surface area (TPSA) is 49.9 Å². The highest BCUT2D eigenvalue weighted by atomic mass is 16.5. The van der Waals surface area contributed by atoms with Crippen LogP contribution in [0.5, 0.6) is 0 Å². The summed E-state index contributed by atoms with van der Waals surface area (Å²) >= 11 is 0. The fourth-order valence-corrected chi connectivity index (χ4v) is 4.41. The van der Waals surface area contributed by atoms with Crippen molar-refractivity contribution in [3.63, 3.8) is 0 Å². The minimum absolute atomic E-state index is 0.00524. The molecule has 118 valence electrons.